The number of carbonyl (C=O) groups is 2. The Kier molecular flexibility index (Phi) is 4.18. The van der Waals surface area contributed by atoms with Gasteiger partial charge in [-0.1, -0.05) is 35.9 Å². The number of fused-ring (bicyclic) bond motifs is 1. The van der Waals surface area contributed by atoms with Gasteiger partial charge in [-0.3, -0.25) is 9.20 Å². The molecule has 2 aromatic heterocycles. The van der Waals surface area contributed by atoms with Gasteiger partial charge in [0.15, 0.2) is 0 Å². The average molecular weight is 363 g/mol. The number of pyridine rings is 1. The number of imidazole rings is 1. The van der Waals surface area contributed by atoms with Crippen molar-refractivity contribution in [3.05, 3.63) is 59.4 Å². The van der Waals surface area contributed by atoms with Crippen molar-refractivity contribution in [3.8, 4) is 11.3 Å². The molecule has 6 nitrogen and oxygen atoms in total. The topological polar surface area (TPSA) is 74.9 Å². The molecular formula is C21H21N3O3. The van der Waals surface area contributed by atoms with E-state index in [1.54, 1.807) is 4.40 Å². The minimum absolute atomic E-state index is 0.284. The van der Waals surface area contributed by atoms with Gasteiger partial charge in [0.25, 0.3) is 5.91 Å². The maximum atomic E-state index is 13.4. The highest BCUT2D eigenvalue weighted by Crippen LogP contribution is 2.29. The first-order chi connectivity index (χ1) is 13.0. The van der Waals surface area contributed by atoms with Gasteiger partial charge in [-0.2, -0.15) is 0 Å². The van der Waals surface area contributed by atoms with Crippen LogP contribution in [0.5, 0.6) is 0 Å². The number of aryl methyl sites for hydroxylation is 2. The van der Waals surface area contributed by atoms with Gasteiger partial charge in [0.2, 0.25) is 0 Å². The zero-order valence-corrected chi connectivity index (χ0v) is 15.3. The lowest BCUT2D eigenvalue weighted by Crippen LogP contribution is -2.41. The number of likely N-dealkylation sites (tertiary alicyclic amines) is 1. The van der Waals surface area contributed by atoms with Crippen LogP contribution in [-0.4, -0.2) is 43.9 Å². The first-order valence-corrected chi connectivity index (χ1v) is 9.05. The molecule has 0 spiro atoms. The number of benzene rings is 1. The molecule has 27 heavy (non-hydrogen) atoms. The van der Waals surface area contributed by atoms with E-state index >= 15 is 0 Å². The number of hydrogen-bond acceptors (Lipinski definition) is 3. The van der Waals surface area contributed by atoms with Gasteiger partial charge < -0.3 is 10.0 Å². The summed E-state index contributed by atoms with van der Waals surface area (Å²) in [5.41, 5.74) is 4.65. The number of hydrogen-bond donors (Lipinski definition) is 1. The Balaban J connectivity index is 1.90. The second-order valence-electron chi connectivity index (χ2n) is 7.10. The maximum absolute atomic E-state index is 13.4. The fourth-order valence-electron chi connectivity index (χ4n) is 3.67. The molecule has 0 bridgehead atoms. The lowest BCUT2D eigenvalue weighted by molar-refractivity contribution is -0.141. The smallest absolute Gasteiger partial charge is 0.326 e. The van der Waals surface area contributed by atoms with Crippen LogP contribution in [0, 0.1) is 13.8 Å². The number of rotatable bonds is 3. The van der Waals surface area contributed by atoms with Crippen molar-refractivity contribution in [2.75, 3.05) is 6.54 Å². The normalized spacial score (nSPS) is 16.8. The van der Waals surface area contributed by atoms with Gasteiger partial charge in [-0.25, -0.2) is 9.78 Å². The molecule has 3 aromatic rings. The Labute approximate surface area is 157 Å². The molecule has 1 aliphatic rings. The molecule has 3 heterocycles. The van der Waals surface area contributed by atoms with Crippen molar-refractivity contribution < 1.29 is 14.7 Å². The zero-order valence-electron chi connectivity index (χ0n) is 15.3. The Morgan fingerprint density at radius 2 is 1.78 bits per heavy atom. The quantitative estimate of drug-likeness (QED) is 0.775. The molecule has 0 radical (unpaired) electrons. The van der Waals surface area contributed by atoms with E-state index in [0.29, 0.717) is 36.4 Å². The van der Waals surface area contributed by atoms with E-state index in [-0.39, 0.29) is 5.91 Å². The van der Waals surface area contributed by atoms with Gasteiger partial charge in [0.05, 0.1) is 0 Å². The van der Waals surface area contributed by atoms with Gasteiger partial charge in [-0.15, -0.1) is 0 Å². The van der Waals surface area contributed by atoms with E-state index in [0.717, 1.165) is 16.7 Å². The van der Waals surface area contributed by atoms with Crippen LogP contribution >= 0.6 is 0 Å². The van der Waals surface area contributed by atoms with Crippen molar-refractivity contribution in [3.63, 3.8) is 0 Å². The van der Waals surface area contributed by atoms with Crippen molar-refractivity contribution in [2.24, 2.45) is 0 Å². The molecule has 1 saturated heterocycles. The number of carboxylic acid groups (broad SMARTS) is 1. The highest BCUT2D eigenvalue weighted by Gasteiger charge is 2.37. The van der Waals surface area contributed by atoms with Crippen molar-refractivity contribution in [1.29, 1.82) is 0 Å². The molecule has 1 atom stereocenters. The predicted molar refractivity (Wildman–Crippen MR) is 102 cm³/mol. The van der Waals surface area contributed by atoms with Gasteiger partial charge >= 0.3 is 5.97 Å². The summed E-state index contributed by atoms with van der Waals surface area (Å²) in [7, 11) is 0. The van der Waals surface area contributed by atoms with Crippen LogP contribution in [0.15, 0.2) is 42.6 Å². The standard InChI is InChI=1S/C21H21N3O3/c1-13-5-8-15(9-6-13)18-19(24-12-14(2)7-10-17(24)22-18)20(25)23-11-3-4-16(23)21(26)27/h5-10,12,16H,3-4,11H2,1-2H3,(H,26,27). The minimum atomic E-state index is -0.956. The number of amides is 1. The molecule has 1 unspecified atom stereocenters. The maximum Gasteiger partial charge on any atom is 0.326 e. The highest BCUT2D eigenvalue weighted by molar-refractivity contribution is 6.01. The fourth-order valence-corrected chi connectivity index (χ4v) is 3.67. The molecule has 138 valence electrons. The third-order valence-corrected chi connectivity index (χ3v) is 5.09. The Morgan fingerprint density at radius 3 is 2.48 bits per heavy atom. The summed E-state index contributed by atoms with van der Waals surface area (Å²) in [5.74, 6) is -1.24. The number of aromatic nitrogens is 2. The monoisotopic (exact) mass is 363 g/mol. The van der Waals surface area contributed by atoms with Crippen molar-refractivity contribution in [1.82, 2.24) is 14.3 Å². The van der Waals surface area contributed by atoms with E-state index in [9.17, 15) is 14.7 Å². The number of nitrogens with zero attached hydrogens (tertiary/aromatic N) is 3. The Bertz CT molecular complexity index is 1040. The summed E-state index contributed by atoms with van der Waals surface area (Å²) in [6.45, 7) is 4.40. The predicted octanol–water partition coefficient (Wildman–Crippen LogP) is 3.31. The van der Waals surface area contributed by atoms with E-state index in [1.807, 2.05) is 56.4 Å². The summed E-state index contributed by atoms with van der Waals surface area (Å²) >= 11 is 0. The number of carbonyl (C=O) groups excluding carboxylic acids is 1. The number of carboxylic acids is 1. The highest BCUT2D eigenvalue weighted by atomic mass is 16.4. The van der Waals surface area contributed by atoms with Crippen LogP contribution < -0.4 is 0 Å². The molecule has 6 heteroatoms. The average Bonchev–Trinajstić information content (AvgIpc) is 3.26. The molecule has 0 aliphatic carbocycles. The molecule has 1 fully saturated rings. The van der Waals surface area contributed by atoms with E-state index in [2.05, 4.69) is 4.98 Å². The molecular weight excluding hydrogens is 342 g/mol. The molecule has 4 rings (SSSR count). The third-order valence-electron chi connectivity index (χ3n) is 5.09. The van der Waals surface area contributed by atoms with Crippen molar-refractivity contribution in [2.45, 2.75) is 32.7 Å². The van der Waals surface area contributed by atoms with Crippen LogP contribution in [0.3, 0.4) is 0 Å². The van der Waals surface area contributed by atoms with Crippen LogP contribution in [0.4, 0.5) is 0 Å². The number of aliphatic carboxylic acids is 1. The Hall–Kier alpha value is -3.15. The van der Waals surface area contributed by atoms with Gasteiger partial charge in [-0.05, 0) is 38.3 Å². The molecule has 1 amide bonds. The SMILES string of the molecule is Cc1ccc(-c2nc3ccc(C)cn3c2C(=O)N2CCCC2C(=O)O)cc1. The second kappa shape index (κ2) is 6.54. The van der Waals surface area contributed by atoms with E-state index in [4.69, 9.17) is 0 Å². The fraction of sp³-hybridized carbons (Fsp3) is 0.286. The zero-order chi connectivity index (χ0) is 19.1. The lowest BCUT2D eigenvalue weighted by Gasteiger charge is -2.21. The van der Waals surface area contributed by atoms with Crippen LogP contribution in [-0.2, 0) is 4.79 Å². The van der Waals surface area contributed by atoms with E-state index in [1.165, 1.54) is 4.90 Å². The summed E-state index contributed by atoms with van der Waals surface area (Å²) < 4.78 is 1.78. The molecule has 1 aliphatic heterocycles. The summed E-state index contributed by atoms with van der Waals surface area (Å²) in [6, 6.07) is 10.9. The summed E-state index contributed by atoms with van der Waals surface area (Å²) in [4.78, 5) is 31.1. The Morgan fingerprint density at radius 1 is 1.07 bits per heavy atom. The first kappa shape index (κ1) is 17.3. The largest absolute Gasteiger partial charge is 0.480 e. The second-order valence-corrected chi connectivity index (χ2v) is 7.10. The summed E-state index contributed by atoms with van der Waals surface area (Å²) in [5, 5.41) is 9.49. The minimum Gasteiger partial charge on any atom is -0.480 e. The van der Waals surface area contributed by atoms with Gasteiger partial charge in [0, 0.05) is 18.3 Å². The third kappa shape index (κ3) is 2.97. The lowest BCUT2D eigenvalue weighted by atomic mass is 10.1. The molecule has 1 N–H and O–H groups in total. The first-order valence-electron chi connectivity index (χ1n) is 9.05. The molecule has 0 saturated carbocycles. The van der Waals surface area contributed by atoms with Crippen LogP contribution in [0.1, 0.15) is 34.5 Å². The van der Waals surface area contributed by atoms with E-state index < -0.39 is 12.0 Å². The van der Waals surface area contributed by atoms with Crippen LogP contribution in [0.25, 0.3) is 16.9 Å². The van der Waals surface area contributed by atoms with Crippen LogP contribution in [0.2, 0.25) is 0 Å². The van der Waals surface area contributed by atoms with Gasteiger partial charge in [0.1, 0.15) is 23.1 Å². The molecule has 1 aromatic carbocycles. The summed E-state index contributed by atoms with van der Waals surface area (Å²) in [6.07, 6.45) is 3.05. The van der Waals surface area contributed by atoms with Crippen molar-refractivity contribution >= 4 is 17.5 Å².